The molecule has 31 heavy (non-hydrogen) atoms. The molecule has 4 aliphatic rings. The molecule has 0 amide bonds. The Morgan fingerprint density at radius 3 is 2.16 bits per heavy atom. The lowest BCUT2D eigenvalue weighted by molar-refractivity contribution is -0.156. The van der Waals surface area contributed by atoms with Crippen LogP contribution in [0.1, 0.15) is 17.2 Å². The van der Waals surface area contributed by atoms with Crippen molar-refractivity contribution in [3.63, 3.8) is 0 Å². The number of ether oxygens (including phenoxy) is 6. The summed E-state index contributed by atoms with van der Waals surface area (Å²) in [5, 5.41) is 0. The van der Waals surface area contributed by atoms with Crippen molar-refractivity contribution in [1.29, 1.82) is 0 Å². The fourth-order valence-electron chi connectivity index (χ4n) is 4.03. The third-order valence-electron chi connectivity index (χ3n) is 5.56. The molecule has 2 atom stereocenters. The van der Waals surface area contributed by atoms with E-state index in [0.29, 0.717) is 45.5 Å². The van der Waals surface area contributed by atoms with Crippen LogP contribution in [-0.2, 0) is 14.3 Å². The van der Waals surface area contributed by atoms with Gasteiger partial charge in [-0.1, -0.05) is 12.1 Å². The molecule has 4 aliphatic heterocycles. The summed E-state index contributed by atoms with van der Waals surface area (Å²) >= 11 is 0. The van der Waals surface area contributed by atoms with Gasteiger partial charge in [0.2, 0.25) is 0 Å². The first-order chi connectivity index (χ1) is 15.2. The van der Waals surface area contributed by atoms with Gasteiger partial charge in [0, 0.05) is 6.54 Å². The highest BCUT2D eigenvalue weighted by Gasteiger charge is 2.44. The SMILES string of the molecule is Cc1ccc2c(c1)OCCO2.O=C1OCCN2CO[C@H](c3ccc4c(c3)OCCO4)C12. The van der Waals surface area contributed by atoms with Crippen molar-refractivity contribution in [1.82, 2.24) is 4.90 Å². The predicted octanol–water partition coefficient (Wildman–Crippen LogP) is 2.48. The summed E-state index contributed by atoms with van der Waals surface area (Å²) in [5.41, 5.74) is 2.12. The van der Waals surface area contributed by atoms with Crippen molar-refractivity contribution in [2.75, 3.05) is 46.3 Å². The van der Waals surface area contributed by atoms with Crippen molar-refractivity contribution in [3.8, 4) is 23.0 Å². The molecule has 0 spiro atoms. The second kappa shape index (κ2) is 8.64. The highest BCUT2D eigenvalue weighted by Crippen LogP contribution is 2.38. The van der Waals surface area contributed by atoms with E-state index in [0.717, 1.165) is 29.4 Å². The highest BCUT2D eigenvalue weighted by atomic mass is 16.6. The van der Waals surface area contributed by atoms with Gasteiger partial charge in [0.05, 0.1) is 0 Å². The smallest absolute Gasteiger partial charge is 0.326 e. The minimum absolute atomic E-state index is 0.214. The van der Waals surface area contributed by atoms with Gasteiger partial charge in [-0.25, -0.2) is 0 Å². The lowest BCUT2D eigenvalue weighted by Gasteiger charge is -2.29. The van der Waals surface area contributed by atoms with Gasteiger partial charge in [-0.15, -0.1) is 0 Å². The molecule has 8 nitrogen and oxygen atoms in total. The van der Waals surface area contributed by atoms with Crippen LogP contribution in [0.4, 0.5) is 0 Å². The van der Waals surface area contributed by atoms with Crippen LogP contribution in [0, 0.1) is 6.92 Å². The molecule has 2 aromatic carbocycles. The van der Waals surface area contributed by atoms with E-state index in [9.17, 15) is 4.79 Å². The zero-order chi connectivity index (χ0) is 21.2. The molecule has 164 valence electrons. The maximum Gasteiger partial charge on any atom is 0.326 e. The van der Waals surface area contributed by atoms with Gasteiger partial charge >= 0.3 is 5.97 Å². The zero-order valence-electron chi connectivity index (χ0n) is 17.4. The number of esters is 1. The molecule has 2 saturated heterocycles. The lowest BCUT2D eigenvalue weighted by atomic mass is 10.0. The number of morpholine rings is 1. The Labute approximate surface area is 180 Å². The quantitative estimate of drug-likeness (QED) is 0.643. The summed E-state index contributed by atoms with van der Waals surface area (Å²) in [4.78, 5) is 14.0. The van der Waals surface area contributed by atoms with E-state index in [2.05, 4.69) is 0 Å². The maximum absolute atomic E-state index is 11.9. The van der Waals surface area contributed by atoms with Gasteiger partial charge in [-0.2, -0.15) is 0 Å². The predicted molar refractivity (Wildman–Crippen MR) is 110 cm³/mol. The van der Waals surface area contributed by atoms with Crippen LogP contribution in [0.25, 0.3) is 0 Å². The van der Waals surface area contributed by atoms with E-state index in [-0.39, 0.29) is 18.1 Å². The first-order valence-corrected chi connectivity index (χ1v) is 10.5. The van der Waals surface area contributed by atoms with Crippen LogP contribution in [0.15, 0.2) is 36.4 Å². The molecule has 0 saturated carbocycles. The van der Waals surface area contributed by atoms with Gasteiger partial charge < -0.3 is 28.4 Å². The second-order valence-corrected chi connectivity index (χ2v) is 7.69. The molecule has 8 heteroatoms. The van der Waals surface area contributed by atoms with Crippen LogP contribution < -0.4 is 18.9 Å². The van der Waals surface area contributed by atoms with Gasteiger partial charge in [-0.05, 0) is 42.3 Å². The first kappa shape index (κ1) is 20.0. The Morgan fingerprint density at radius 2 is 1.42 bits per heavy atom. The molecule has 0 radical (unpaired) electrons. The number of hydrogen-bond acceptors (Lipinski definition) is 8. The second-order valence-electron chi connectivity index (χ2n) is 7.69. The van der Waals surface area contributed by atoms with Crippen LogP contribution >= 0.6 is 0 Å². The Kier molecular flexibility index (Phi) is 5.57. The van der Waals surface area contributed by atoms with Crippen molar-refractivity contribution in [2.24, 2.45) is 0 Å². The van der Waals surface area contributed by atoms with Crippen molar-refractivity contribution < 1.29 is 33.2 Å². The molecule has 2 fully saturated rings. The summed E-state index contributed by atoms with van der Waals surface area (Å²) in [7, 11) is 0. The number of aryl methyl sites for hydroxylation is 1. The van der Waals surface area contributed by atoms with E-state index in [4.69, 9.17) is 28.4 Å². The number of benzene rings is 2. The van der Waals surface area contributed by atoms with E-state index in [1.54, 1.807) is 0 Å². The van der Waals surface area contributed by atoms with E-state index in [1.807, 2.05) is 48.2 Å². The average molecular weight is 427 g/mol. The average Bonchev–Trinajstić information content (AvgIpc) is 3.25. The van der Waals surface area contributed by atoms with Crippen LogP contribution in [0.3, 0.4) is 0 Å². The number of carbonyl (C=O) groups is 1. The van der Waals surface area contributed by atoms with Gasteiger partial charge in [0.15, 0.2) is 23.0 Å². The highest BCUT2D eigenvalue weighted by molar-refractivity contribution is 5.78. The fraction of sp³-hybridized carbons (Fsp3) is 0.435. The number of carbonyl (C=O) groups excluding carboxylic acids is 1. The third kappa shape index (κ3) is 4.13. The Morgan fingerprint density at radius 1 is 0.774 bits per heavy atom. The maximum atomic E-state index is 11.9. The van der Waals surface area contributed by atoms with Gasteiger partial charge in [-0.3, -0.25) is 9.69 Å². The summed E-state index contributed by atoms with van der Waals surface area (Å²) in [5.74, 6) is 2.97. The van der Waals surface area contributed by atoms with E-state index < -0.39 is 0 Å². The molecular weight excluding hydrogens is 402 g/mol. The Bertz CT molecular complexity index is 963. The van der Waals surface area contributed by atoms with Gasteiger partial charge in [0.25, 0.3) is 0 Å². The summed E-state index contributed by atoms with van der Waals surface area (Å²) in [6.45, 7) is 6.09. The largest absolute Gasteiger partial charge is 0.486 e. The Hall–Kier alpha value is -2.97. The van der Waals surface area contributed by atoms with Crippen LogP contribution in [0.2, 0.25) is 0 Å². The number of cyclic esters (lactones) is 1. The molecule has 0 bridgehead atoms. The number of hydrogen-bond donors (Lipinski definition) is 0. The van der Waals surface area contributed by atoms with Crippen LogP contribution in [-0.4, -0.2) is 63.2 Å². The van der Waals surface area contributed by atoms with Crippen molar-refractivity contribution in [3.05, 3.63) is 47.5 Å². The zero-order valence-corrected chi connectivity index (χ0v) is 17.4. The minimum atomic E-state index is -0.355. The molecule has 0 aromatic heterocycles. The normalized spacial score (nSPS) is 23.8. The topological polar surface area (TPSA) is 75.7 Å². The number of fused-ring (bicyclic) bond motifs is 3. The molecular formula is C23H25NO7. The lowest BCUT2D eigenvalue weighted by Crippen LogP contribution is -2.46. The minimum Gasteiger partial charge on any atom is -0.486 e. The van der Waals surface area contributed by atoms with Crippen molar-refractivity contribution in [2.45, 2.75) is 19.1 Å². The molecule has 0 N–H and O–H groups in total. The van der Waals surface area contributed by atoms with Crippen molar-refractivity contribution >= 4 is 5.97 Å². The monoisotopic (exact) mass is 427 g/mol. The summed E-state index contributed by atoms with van der Waals surface area (Å²) in [6, 6.07) is 11.3. The molecule has 6 rings (SSSR count). The van der Waals surface area contributed by atoms with E-state index in [1.165, 1.54) is 5.56 Å². The molecule has 2 aromatic rings. The fourth-order valence-corrected chi connectivity index (χ4v) is 4.03. The molecule has 0 aliphatic carbocycles. The third-order valence-corrected chi connectivity index (χ3v) is 5.56. The standard InChI is InChI=1S/C14H15NO5.C9H10O2/c16-14-12-13(20-8-15(12)3-4-19-14)9-1-2-10-11(7-9)18-6-5-17-10;1-7-2-3-8-9(6-7)11-5-4-10-8/h1-2,7,12-13H,3-6,8H2;2-3,6H,4-5H2,1H3/t12?,13-;/m1./s1. The summed E-state index contributed by atoms with van der Waals surface area (Å²) < 4.78 is 32.7. The number of nitrogens with zero attached hydrogens (tertiary/aromatic N) is 1. The Balaban J connectivity index is 0.000000157. The van der Waals surface area contributed by atoms with Crippen LogP contribution in [0.5, 0.6) is 23.0 Å². The first-order valence-electron chi connectivity index (χ1n) is 10.5. The molecule has 4 heterocycles. The van der Waals surface area contributed by atoms with E-state index >= 15 is 0 Å². The molecule has 1 unspecified atom stereocenters. The van der Waals surface area contributed by atoms with Gasteiger partial charge in [0.1, 0.15) is 51.9 Å². The number of rotatable bonds is 1. The summed E-state index contributed by atoms with van der Waals surface area (Å²) in [6.07, 6.45) is -0.307.